The van der Waals surface area contributed by atoms with Gasteiger partial charge in [-0.05, 0) is 23.3 Å². The molecule has 1 atom stereocenters. The molecule has 1 aromatic carbocycles. The average Bonchev–Trinajstić information content (AvgIpc) is 3.00. The van der Waals surface area contributed by atoms with Gasteiger partial charge in [0.05, 0.1) is 18.2 Å². The molecule has 2 aromatic heterocycles. The molecule has 3 heterocycles. The number of pyridine rings is 2. The number of carbonyl (C=O) groups is 1. The van der Waals surface area contributed by atoms with Crippen molar-refractivity contribution < 1.29 is 9.53 Å². The van der Waals surface area contributed by atoms with Gasteiger partial charge in [0.1, 0.15) is 0 Å². The van der Waals surface area contributed by atoms with Gasteiger partial charge in [0, 0.05) is 49.6 Å². The maximum atomic E-state index is 13.1. The Bertz CT molecular complexity index is 1120. The van der Waals surface area contributed by atoms with Crippen LogP contribution in [0.4, 0.5) is 0 Å². The number of rotatable bonds is 5. The molecule has 0 saturated carbocycles. The van der Waals surface area contributed by atoms with E-state index >= 15 is 0 Å². The van der Waals surface area contributed by atoms with Crippen LogP contribution >= 0.6 is 11.6 Å². The highest BCUT2D eigenvalue weighted by molar-refractivity contribution is 6.31. The van der Waals surface area contributed by atoms with Crippen LogP contribution in [-0.4, -0.2) is 27.5 Å². The van der Waals surface area contributed by atoms with Crippen molar-refractivity contribution in [1.82, 2.24) is 14.5 Å². The lowest BCUT2D eigenvalue weighted by Gasteiger charge is -2.26. The Morgan fingerprint density at radius 1 is 1.14 bits per heavy atom. The predicted molar refractivity (Wildman–Crippen MR) is 110 cm³/mol. The third-order valence-corrected chi connectivity index (χ3v) is 5.61. The average molecular weight is 410 g/mol. The number of amides is 1. The third kappa shape index (κ3) is 3.51. The molecule has 0 aliphatic carbocycles. The van der Waals surface area contributed by atoms with Gasteiger partial charge in [-0.2, -0.15) is 0 Å². The summed E-state index contributed by atoms with van der Waals surface area (Å²) in [5.41, 5.74) is 2.79. The van der Waals surface area contributed by atoms with Crippen molar-refractivity contribution in [1.29, 1.82) is 0 Å². The van der Waals surface area contributed by atoms with Gasteiger partial charge in [-0.3, -0.25) is 9.59 Å². The zero-order valence-electron chi connectivity index (χ0n) is 16.1. The van der Waals surface area contributed by atoms with E-state index in [0.29, 0.717) is 35.0 Å². The number of hydrogen-bond donors (Lipinski definition) is 0. The lowest BCUT2D eigenvalue weighted by Crippen LogP contribution is -2.31. The number of ether oxygens (including phenoxy) is 1. The quantitative estimate of drug-likeness (QED) is 0.648. The number of methoxy groups -OCH3 is 1. The molecule has 6 nitrogen and oxygen atoms in total. The highest BCUT2D eigenvalue weighted by Crippen LogP contribution is 2.37. The lowest BCUT2D eigenvalue weighted by molar-refractivity contribution is 0.0708. The highest BCUT2D eigenvalue weighted by Gasteiger charge is 2.37. The number of aromatic nitrogens is 2. The van der Waals surface area contributed by atoms with Gasteiger partial charge in [0.25, 0.3) is 11.5 Å². The predicted octanol–water partition coefficient (Wildman–Crippen LogP) is 3.38. The zero-order valence-corrected chi connectivity index (χ0v) is 16.9. The Kier molecular flexibility index (Phi) is 5.11. The summed E-state index contributed by atoms with van der Waals surface area (Å²) in [5, 5.41) is 0.413. The van der Waals surface area contributed by atoms with Crippen molar-refractivity contribution in [2.45, 2.75) is 19.0 Å². The second-order valence-electron chi connectivity index (χ2n) is 7.01. The molecular formula is C22H20ClN3O3. The van der Waals surface area contributed by atoms with Crippen LogP contribution in [0.15, 0.2) is 59.7 Å². The number of fused-ring (bicyclic) bond motifs is 1. The number of hydrogen-bond acceptors (Lipinski definition) is 4. The molecule has 0 radical (unpaired) electrons. The first-order valence-corrected chi connectivity index (χ1v) is 9.60. The Morgan fingerprint density at radius 3 is 2.66 bits per heavy atom. The van der Waals surface area contributed by atoms with Crippen LogP contribution < -0.4 is 10.3 Å². The zero-order chi connectivity index (χ0) is 20.5. The smallest absolute Gasteiger partial charge is 0.255 e. The number of nitrogens with zero attached hydrogens (tertiary/aromatic N) is 3. The minimum absolute atomic E-state index is 0.0645. The molecule has 0 fully saturated rings. The molecule has 0 saturated heterocycles. The van der Waals surface area contributed by atoms with Crippen molar-refractivity contribution in [2.75, 3.05) is 7.11 Å². The van der Waals surface area contributed by atoms with Gasteiger partial charge in [-0.1, -0.05) is 35.9 Å². The maximum absolute atomic E-state index is 13.1. The van der Waals surface area contributed by atoms with Crippen molar-refractivity contribution in [2.24, 2.45) is 7.05 Å². The van der Waals surface area contributed by atoms with Gasteiger partial charge in [0.15, 0.2) is 0 Å². The number of carbonyl (C=O) groups excluding carboxylic acids is 1. The van der Waals surface area contributed by atoms with E-state index in [0.717, 1.165) is 11.1 Å². The molecule has 1 aliphatic rings. The number of benzene rings is 1. The molecule has 0 spiro atoms. The Labute approximate surface area is 173 Å². The fourth-order valence-corrected chi connectivity index (χ4v) is 3.92. The fourth-order valence-electron chi connectivity index (χ4n) is 3.71. The molecular weight excluding hydrogens is 390 g/mol. The van der Waals surface area contributed by atoms with Crippen molar-refractivity contribution in [3.63, 3.8) is 0 Å². The van der Waals surface area contributed by atoms with Gasteiger partial charge in [0.2, 0.25) is 5.88 Å². The number of halogens is 1. The van der Waals surface area contributed by atoms with E-state index in [-0.39, 0.29) is 17.5 Å². The Hall–Kier alpha value is -3.12. The lowest BCUT2D eigenvalue weighted by atomic mass is 9.98. The monoisotopic (exact) mass is 409 g/mol. The molecule has 0 bridgehead atoms. The summed E-state index contributed by atoms with van der Waals surface area (Å²) in [6.07, 6.45) is 3.68. The first-order valence-electron chi connectivity index (χ1n) is 9.22. The molecule has 148 valence electrons. The first kappa shape index (κ1) is 19.2. The van der Waals surface area contributed by atoms with E-state index in [4.69, 9.17) is 16.3 Å². The van der Waals surface area contributed by atoms with Crippen molar-refractivity contribution in [3.05, 3.63) is 92.5 Å². The number of aryl methyl sites for hydroxylation is 1. The van der Waals surface area contributed by atoms with Crippen LogP contribution in [0.1, 0.15) is 33.1 Å². The van der Waals surface area contributed by atoms with E-state index in [9.17, 15) is 9.59 Å². The normalized spacial score (nSPS) is 15.5. The van der Waals surface area contributed by atoms with Crippen LogP contribution in [0.2, 0.25) is 5.02 Å². The Morgan fingerprint density at radius 2 is 1.93 bits per heavy atom. The van der Waals surface area contributed by atoms with E-state index < -0.39 is 0 Å². The SMILES string of the molecule is COc1ccc(CN2C(=O)c3ccccc3C2Cc2c(Cl)ccn(C)c2=O)cn1. The minimum atomic E-state index is -0.284. The van der Waals surface area contributed by atoms with Crippen molar-refractivity contribution in [3.8, 4) is 5.88 Å². The summed E-state index contributed by atoms with van der Waals surface area (Å²) in [5.74, 6) is 0.450. The molecule has 3 aromatic rings. The summed E-state index contributed by atoms with van der Waals surface area (Å²) in [6.45, 7) is 0.375. The summed E-state index contributed by atoms with van der Waals surface area (Å²) < 4.78 is 6.61. The summed E-state index contributed by atoms with van der Waals surface area (Å²) in [7, 11) is 3.25. The van der Waals surface area contributed by atoms with Gasteiger partial charge >= 0.3 is 0 Å². The maximum Gasteiger partial charge on any atom is 0.255 e. The summed E-state index contributed by atoms with van der Waals surface area (Å²) in [6, 6.07) is 12.6. The molecule has 1 amide bonds. The van der Waals surface area contributed by atoms with Crippen LogP contribution in [0.3, 0.4) is 0 Å². The Balaban J connectivity index is 1.72. The van der Waals surface area contributed by atoms with E-state index in [1.54, 1.807) is 43.6 Å². The molecule has 0 N–H and O–H groups in total. The van der Waals surface area contributed by atoms with Crippen molar-refractivity contribution >= 4 is 17.5 Å². The molecule has 1 aliphatic heterocycles. The minimum Gasteiger partial charge on any atom is -0.481 e. The fraction of sp³-hybridized carbons (Fsp3) is 0.227. The molecule has 4 rings (SSSR count). The second kappa shape index (κ2) is 7.72. The van der Waals surface area contributed by atoms with Gasteiger partial charge in [-0.25, -0.2) is 4.98 Å². The summed E-state index contributed by atoms with van der Waals surface area (Å²) in [4.78, 5) is 31.8. The van der Waals surface area contributed by atoms with Crippen LogP contribution in [-0.2, 0) is 20.0 Å². The summed E-state index contributed by atoms with van der Waals surface area (Å²) >= 11 is 6.34. The second-order valence-corrected chi connectivity index (χ2v) is 7.41. The molecule has 29 heavy (non-hydrogen) atoms. The van der Waals surface area contributed by atoms with Crippen LogP contribution in [0, 0.1) is 0 Å². The van der Waals surface area contributed by atoms with E-state index in [1.807, 2.05) is 30.3 Å². The largest absolute Gasteiger partial charge is 0.481 e. The standard InChI is InChI=1S/C22H20ClN3O3/c1-25-10-9-18(23)17(21(25)27)11-19-15-5-3-4-6-16(15)22(28)26(19)13-14-7-8-20(29-2)24-12-14/h3-10,12,19H,11,13H2,1-2H3. The first-order chi connectivity index (χ1) is 14.0. The molecule has 1 unspecified atom stereocenters. The van der Waals surface area contributed by atoms with E-state index in [2.05, 4.69) is 4.98 Å². The van der Waals surface area contributed by atoms with Crippen LogP contribution in [0.5, 0.6) is 5.88 Å². The topological polar surface area (TPSA) is 64.4 Å². The highest BCUT2D eigenvalue weighted by atomic mass is 35.5. The van der Waals surface area contributed by atoms with Gasteiger partial charge < -0.3 is 14.2 Å². The van der Waals surface area contributed by atoms with E-state index in [1.165, 1.54) is 4.57 Å². The third-order valence-electron chi connectivity index (χ3n) is 5.26. The van der Waals surface area contributed by atoms with Gasteiger partial charge in [-0.15, -0.1) is 0 Å². The van der Waals surface area contributed by atoms with Crippen LogP contribution in [0.25, 0.3) is 0 Å². The molecule has 7 heteroatoms.